The maximum atomic E-state index is 13.3. The second-order valence-electron chi connectivity index (χ2n) is 15.2. The third kappa shape index (κ3) is 7.86. The number of hydrogen-bond donors (Lipinski definition) is 0. The maximum absolute atomic E-state index is 13.3. The van der Waals surface area contributed by atoms with Crippen LogP contribution in [0.3, 0.4) is 0 Å². The lowest BCUT2D eigenvalue weighted by Gasteiger charge is -2.41. The molecule has 4 rings (SSSR count). The van der Waals surface area contributed by atoms with Crippen molar-refractivity contribution in [1.82, 2.24) is 4.90 Å². The molecule has 0 saturated carbocycles. The van der Waals surface area contributed by atoms with Crippen LogP contribution in [-0.4, -0.2) is 72.4 Å². The molecule has 254 valence electrons. The molecular weight excluding hydrogens is 655 g/mol. The quantitative estimate of drug-likeness (QED) is 0.163. The minimum Gasteiger partial charge on any atom is -0.459 e. The van der Waals surface area contributed by atoms with Gasteiger partial charge in [-0.1, -0.05) is 90.1 Å². The SMILES string of the molecule is CC(C)(C)[Si](C)(C)OC[C@H]1O[C@]2(COCc3ccccc3)[C@@H](OC(=S)N2/C=C/S(=O)(=O)c2ccccc2)[C@@H]1O[Si](C)(C)C(C)(C)C. The number of sulfone groups is 1. The Kier molecular flexibility index (Phi) is 10.9. The topological polar surface area (TPSA) is 83.5 Å². The zero-order chi connectivity index (χ0) is 34.2. The van der Waals surface area contributed by atoms with E-state index in [1.807, 2.05) is 30.3 Å². The summed E-state index contributed by atoms with van der Waals surface area (Å²) in [6.45, 7) is 22.7. The van der Waals surface area contributed by atoms with E-state index in [0.29, 0.717) is 13.2 Å². The van der Waals surface area contributed by atoms with Gasteiger partial charge in [-0.15, -0.1) is 0 Å². The Morgan fingerprint density at radius 3 is 2.04 bits per heavy atom. The van der Waals surface area contributed by atoms with Crippen LogP contribution in [0.15, 0.2) is 77.2 Å². The fourth-order valence-corrected chi connectivity index (χ4v) is 8.52. The van der Waals surface area contributed by atoms with Gasteiger partial charge in [-0.3, -0.25) is 4.90 Å². The molecule has 0 radical (unpaired) electrons. The van der Waals surface area contributed by atoms with Gasteiger partial charge in [-0.25, -0.2) is 8.42 Å². The van der Waals surface area contributed by atoms with E-state index >= 15 is 0 Å². The predicted octanol–water partition coefficient (Wildman–Crippen LogP) is 7.64. The van der Waals surface area contributed by atoms with Crippen LogP contribution < -0.4 is 0 Å². The van der Waals surface area contributed by atoms with Crippen molar-refractivity contribution in [1.29, 1.82) is 0 Å². The molecule has 2 saturated heterocycles. The van der Waals surface area contributed by atoms with E-state index in [0.717, 1.165) is 11.0 Å². The summed E-state index contributed by atoms with van der Waals surface area (Å²) in [4.78, 5) is 1.77. The van der Waals surface area contributed by atoms with Gasteiger partial charge >= 0.3 is 0 Å². The average Bonchev–Trinajstić information content (AvgIpc) is 3.39. The number of hydrogen-bond acceptors (Lipinski definition) is 8. The molecule has 0 N–H and O–H groups in total. The van der Waals surface area contributed by atoms with Crippen molar-refractivity contribution >= 4 is 43.9 Å². The van der Waals surface area contributed by atoms with E-state index in [2.05, 4.69) is 67.7 Å². The highest BCUT2D eigenvalue weighted by atomic mass is 32.2. The number of rotatable bonds is 12. The molecule has 0 unspecified atom stereocenters. The fraction of sp³-hybridized carbons (Fsp3) is 0.559. The Morgan fingerprint density at radius 2 is 1.48 bits per heavy atom. The van der Waals surface area contributed by atoms with Crippen molar-refractivity contribution in [2.45, 2.75) is 113 Å². The van der Waals surface area contributed by atoms with E-state index in [9.17, 15) is 8.42 Å². The number of thiocarbonyl (C=S) groups is 1. The molecule has 2 aliphatic heterocycles. The summed E-state index contributed by atoms with van der Waals surface area (Å²) in [5.41, 5.74) is -0.293. The first-order valence-corrected chi connectivity index (χ1v) is 23.6. The summed E-state index contributed by atoms with van der Waals surface area (Å²) >= 11 is 5.75. The lowest BCUT2D eigenvalue weighted by molar-refractivity contribution is -0.157. The van der Waals surface area contributed by atoms with Crippen LogP contribution >= 0.6 is 12.2 Å². The number of nitrogens with zero attached hydrogens (tertiary/aromatic N) is 1. The first-order valence-electron chi connectivity index (χ1n) is 15.8. The van der Waals surface area contributed by atoms with Gasteiger partial charge in [0.25, 0.3) is 5.17 Å². The third-order valence-corrected chi connectivity index (χ3v) is 20.5. The number of ether oxygens (including phenoxy) is 3. The van der Waals surface area contributed by atoms with Crippen LogP contribution in [0.5, 0.6) is 0 Å². The molecule has 0 bridgehead atoms. The van der Waals surface area contributed by atoms with Gasteiger partial charge < -0.3 is 23.1 Å². The second-order valence-corrected chi connectivity index (χ2v) is 27.0. The molecular formula is C34H51NO7S2Si2. The van der Waals surface area contributed by atoms with Crippen LogP contribution in [-0.2, 0) is 39.5 Å². The van der Waals surface area contributed by atoms with E-state index in [1.54, 1.807) is 35.2 Å². The normalized spacial score (nSPS) is 24.4. The molecule has 0 spiro atoms. The summed E-state index contributed by atoms with van der Waals surface area (Å²) in [6.07, 6.45) is -0.301. The molecule has 2 aliphatic rings. The zero-order valence-electron chi connectivity index (χ0n) is 28.9. The van der Waals surface area contributed by atoms with Crippen LogP contribution in [0.25, 0.3) is 0 Å². The van der Waals surface area contributed by atoms with E-state index < -0.39 is 50.5 Å². The van der Waals surface area contributed by atoms with E-state index in [-0.39, 0.29) is 26.8 Å². The van der Waals surface area contributed by atoms with Crippen molar-refractivity contribution < 1.29 is 31.5 Å². The standard InChI is InChI=1S/C34H51NO7S2Si2/c1-32(2,3)45(7,8)39-24-28-29(42-46(9,10)33(4,5)6)30-34(41-28,25-38-23-26-17-13-11-14-18-26)35(31(43)40-30)21-22-44(36,37)27-19-15-12-16-20-27/h11-22,28-30H,23-25H2,1-10H3/b22-21+/t28-,29-,30+,34-/m1/s1. The summed E-state index contributed by atoms with van der Waals surface area (Å²) in [6, 6.07) is 18.1. The highest BCUT2D eigenvalue weighted by Crippen LogP contribution is 2.48. The first kappa shape index (κ1) is 36.9. The summed E-state index contributed by atoms with van der Waals surface area (Å²) in [7, 11) is -8.31. The number of benzene rings is 2. The highest BCUT2D eigenvalue weighted by molar-refractivity contribution is 7.94. The molecule has 12 heteroatoms. The van der Waals surface area contributed by atoms with Crippen LogP contribution in [0.1, 0.15) is 47.1 Å². The minimum atomic E-state index is -3.79. The van der Waals surface area contributed by atoms with Gasteiger partial charge in [0.2, 0.25) is 15.6 Å². The third-order valence-electron chi connectivity index (χ3n) is 9.83. The largest absolute Gasteiger partial charge is 0.459 e. The predicted molar refractivity (Wildman–Crippen MR) is 191 cm³/mol. The molecule has 0 amide bonds. The molecule has 46 heavy (non-hydrogen) atoms. The van der Waals surface area contributed by atoms with Crippen molar-refractivity contribution in [3.8, 4) is 0 Å². The highest BCUT2D eigenvalue weighted by Gasteiger charge is 2.67. The average molecular weight is 706 g/mol. The Bertz CT molecular complexity index is 1490. The summed E-state index contributed by atoms with van der Waals surface area (Å²) < 4.78 is 60.2. The van der Waals surface area contributed by atoms with Gasteiger partial charge in [-0.05, 0) is 66.2 Å². The van der Waals surface area contributed by atoms with Crippen LogP contribution in [0.4, 0.5) is 0 Å². The molecule has 4 atom stereocenters. The smallest absolute Gasteiger partial charge is 0.266 e. The second kappa shape index (κ2) is 13.5. The molecule has 2 aromatic carbocycles. The monoisotopic (exact) mass is 705 g/mol. The Labute approximate surface area is 283 Å². The Morgan fingerprint density at radius 1 is 0.913 bits per heavy atom. The number of fused-ring (bicyclic) bond motifs is 1. The fourth-order valence-electron chi connectivity index (χ4n) is 4.90. The molecule has 2 heterocycles. The Hall–Kier alpha value is -1.91. The molecule has 2 fully saturated rings. The van der Waals surface area contributed by atoms with Gasteiger partial charge in [0, 0.05) is 6.20 Å². The molecule has 8 nitrogen and oxygen atoms in total. The maximum Gasteiger partial charge on any atom is 0.266 e. The lowest BCUT2D eigenvalue weighted by Crippen LogP contribution is -2.54. The molecule has 0 aliphatic carbocycles. The van der Waals surface area contributed by atoms with Gasteiger partial charge in [0.15, 0.2) is 22.7 Å². The van der Waals surface area contributed by atoms with Crippen molar-refractivity contribution in [3.63, 3.8) is 0 Å². The molecule has 2 aromatic rings. The van der Waals surface area contributed by atoms with Crippen LogP contribution in [0, 0.1) is 0 Å². The van der Waals surface area contributed by atoms with E-state index in [4.69, 9.17) is 35.3 Å². The first-order chi connectivity index (χ1) is 21.2. The van der Waals surface area contributed by atoms with Crippen LogP contribution in [0.2, 0.25) is 36.3 Å². The zero-order valence-corrected chi connectivity index (χ0v) is 32.5. The van der Waals surface area contributed by atoms with Crippen molar-refractivity contribution in [3.05, 3.63) is 77.8 Å². The van der Waals surface area contributed by atoms with E-state index in [1.165, 1.54) is 6.20 Å². The minimum absolute atomic E-state index is 0.00756. The van der Waals surface area contributed by atoms with Crippen molar-refractivity contribution in [2.24, 2.45) is 0 Å². The summed E-state index contributed by atoms with van der Waals surface area (Å²) in [5, 5.41) is 1.15. The van der Waals surface area contributed by atoms with Gasteiger partial charge in [-0.2, -0.15) is 0 Å². The summed E-state index contributed by atoms with van der Waals surface area (Å²) in [5.74, 6) is 0. The lowest BCUT2D eigenvalue weighted by atomic mass is 10.0. The van der Waals surface area contributed by atoms with Gasteiger partial charge in [0.1, 0.15) is 12.2 Å². The molecule has 0 aromatic heterocycles. The Balaban J connectivity index is 1.75. The van der Waals surface area contributed by atoms with Gasteiger partial charge in [0.05, 0.1) is 30.1 Å². The van der Waals surface area contributed by atoms with Crippen molar-refractivity contribution in [2.75, 3.05) is 13.2 Å².